The molecule has 8 heteroatoms. The van der Waals surface area contributed by atoms with E-state index in [9.17, 15) is 18.0 Å². The van der Waals surface area contributed by atoms with Crippen molar-refractivity contribution in [2.45, 2.75) is 12.8 Å². The Hall–Kier alpha value is -2.25. The average Bonchev–Trinajstić information content (AvgIpc) is 2.29. The summed E-state index contributed by atoms with van der Waals surface area (Å²) in [6, 6.07) is 4.81. The second-order valence-electron chi connectivity index (χ2n) is 3.39. The number of halogens is 3. The monoisotopic (exact) mass is 277 g/mol. The van der Waals surface area contributed by atoms with Gasteiger partial charge in [-0.25, -0.2) is 4.79 Å². The number of carbonyl (C=O) groups is 1. The number of alkyl halides is 3. The molecule has 19 heavy (non-hydrogen) atoms. The molecular weight excluding hydrogens is 267 g/mol. The standard InChI is InChI=1S/C11H10F3NO4/c1-18-15-9(10(16)17)6-7-2-4-8(5-3-7)19-11(12,13)14/h2-5H,6H2,1H3,(H,16,17)/b15-9+. The van der Waals surface area contributed by atoms with Crippen molar-refractivity contribution in [3.8, 4) is 5.75 Å². The second-order valence-corrected chi connectivity index (χ2v) is 3.39. The summed E-state index contributed by atoms with van der Waals surface area (Å²) in [5.41, 5.74) is 0.208. The molecule has 1 aromatic carbocycles. The van der Waals surface area contributed by atoms with Gasteiger partial charge < -0.3 is 14.7 Å². The van der Waals surface area contributed by atoms with Crippen LogP contribution in [-0.2, 0) is 16.1 Å². The van der Waals surface area contributed by atoms with Crippen LogP contribution in [0.5, 0.6) is 5.75 Å². The summed E-state index contributed by atoms with van der Waals surface area (Å²) in [6.45, 7) is 0. The van der Waals surface area contributed by atoms with Crippen LogP contribution in [0.2, 0.25) is 0 Å². The molecule has 0 fully saturated rings. The van der Waals surface area contributed by atoms with E-state index in [4.69, 9.17) is 5.11 Å². The van der Waals surface area contributed by atoms with Gasteiger partial charge >= 0.3 is 12.3 Å². The topological polar surface area (TPSA) is 68.1 Å². The van der Waals surface area contributed by atoms with Gasteiger partial charge in [-0.1, -0.05) is 17.3 Å². The predicted octanol–water partition coefficient (Wildman–Crippen LogP) is 2.21. The first kappa shape index (κ1) is 14.8. The summed E-state index contributed by atoms with van der Waals surface area (Å²) in [4.78, 5) is 15.1. The van der Waals surface area contributed by atoms with Crippen molar-refractivity contribution in [2.75, 3.05) is 7.11 Å². The lowest BCUT2D eigenvalue weighted by atomic mass is 10.1. The van der Waals surface area contributed by atoms with E-state index in [0.717, 1.165) is 12.1 Å². The van der Waals surface area contributed by atoms with Gasteiger partial charge in [0.05, 0.1) is 0 Å². The van der Waals surface area contributed by atoms with Gasteiger partial charge in [0, 0.05) is 6.42 Å². The van der Waals surface area contributed by atoms with Crippen molar-refractivity contribution in [2.24, 2.45) is 5.16 Å². The van der Waals surface area contributed by atoms with Crippen LogP contribution in [0.1, 0.15) is 5.56 Å². The molecule has 0 unspecified atom stereocenters. The minimum absolute atomic E-state index is 0.0739. The molecule has 1 N–H and O–H groups in total. The Morgan fingerprint density at radius 1 is 1.32 bits per heavy atom. The third-order valence-electron chi connectivity index (χ3n) is 1.98. The highest BCUT2D eigenvalue weighted by Gasteiger charge is 2.30. The molecule has 0 saturated carbocycles. The summed E-state index contributed by atoms with van der Waals surface area (Å²) in [6.07, 6.45) is -4.83. The molecule has 0 aliphatic heterocycles. The van der Waals surface area contributed by atoms with E-state index < -0.39 is 12.3 Å². The van der Waals surface area contributed by atoms with Gasteiger partial charge in [-0.15, -0.1) is 13.2 Å². The first-order valence-corrected chi connectivity index (χ1v) is 5.00. The molecular formula is C11H10F3NO4. The van der Waals surface area contributed by atoms with Gasteiger partial charge in [0.2, 0.25) is 0 Å². The van der Waals surface area contributed by atoms with Crippen LogP contribution in [0.4, 0.5) is 13.2 Å². The Labute approximate surface area is 106 Å². The molecule has 0 saturated heterocycles. The first-order valence-electron chi connectivity index (χ1n) is 5.00. The quantitative estimate of drug-likeness (QED) is 0.662. The lowest BCUT2D eigenvalue weighted by molar-refractivity contribution is -0.274. The molecule has 0 spiro atoms. The van der Waals surface area contributed by atoms with E-state index in [1.165, 1.54) is 19.2 Å². The van der Waals surface area contributed by atoms with E-state index in [1.807, 2.05) is 0 Å². The van der Waals surface area contributed by atoms with Crippen LogP contribution >= 0.6 is 0 Å². The maximum absolute atomic E-state index is 11.9. The van der Waals surface area contributed by atoms with Gasteiger partial charge in [-0.05, 0) is 17.7 Å². The van der Waals surface area contributed by atoms with Gasteiger partial charge in [0.25, 0.3) is 0 Å². The van der Waals surface area contributed by atoms with Crippen LogP contribution in [0, 0.1) is 0 Å². The minimum Gasteiger partial charge on any atom is -0.477 e. The van der Waals surface area contributed by atoms with Gasteiger partial charge in [0.15, 0.2) is 5.71 Å². The van der Waals surface area contributed by atoms with E-state index in [2.05, 4.69) is 14.7 Å². The molecule has 1 aromatic rings. The molecule has 104 valence electrons. The highest BCUT2D eigenvalue weighted by Crippen LogP contribution is 2.22. The number of oxime groups is 1. The SMILES string of the molecule is CO/N=C(\Cc1ccc(OC(F)(F)F)cc1)C(=O)O. The molecule has 0 bridgehead atoms. The van der Waals surface area contributed by atoms with Gasteiger partial charge in [0.1, 0.15) is 12.9 Å². The van der Waals surface area contributed by atoms with E-state index in [0.29, 0.717) is 5.56 Å². The smallest absolute Gasteiger partial charge is 0.477 e. The third kappa shape index (κ3) is 5.28. The molecule has 0 heterocycles. The Kier molecular flexibility index (Phi) is 4.74. The van der Waals surface area contributed by atoms with Crippen LogP contribution in [0.25, 0.3) is 0 Å². The Morgan fingerprint density at radius 3 is 2.32 bits per heavy atom. The number of aliphatic carboxylic acids is 1. The summed E-state index contributed by atoms with van der Waals surface area (Å²) in [7, 11) is 1.20. The first-order chi connectivity index (χ1) is 8.81. The minimum atomic E-state index is -4.76. The summed E-state index contributed by atoms with van der Waals surface area (Å²) in [5.74, 6) is -1.64. The van der Waals surface area contributed by atoms with Crippen LogP contribution in [-0.4, -0.2) is 30.3 Å². The largest absolute Gasteiger partial charge is 0.573 e. The second kappa shape index (κ2) is 6.07. The summed E-state index contributed by atoms with van der Waals surface area (Å²) >= 11 is 0. The van der Waals surface area contributed by atoms with Crippen molar-refractivity contribution in [3.63, 3.8) is 0 Å². The number of hydrogen-bond acceptors (Lipinski definition) is 4. The summed E-state index contributed by atoms with van der Waals surface area (Å²) in [5, 5.41) is 12.1. The third-order valence-corrected chi connectivity index (χ3v) is 1.98. The van der Waals surface area contributed by atoms with Gasteiger partial charge in [-0.2, -0.15) is 0 Å². The highest BCUT2D eigenvalue weighted by atomic mass is 19.4. The van der Waals surface area contributed by atoms with Crippen molar-refractivity contribution < 1.29 is 32.6 Å². The van der Waals surface area contributed by atoms with Crippen LogP contribution < -0.4 is 4.74 Å². The molecule has 5 nitrogen and oxygen atoms in total. The predicted molar refractivity (Wildman–Crippen MR) is 58.9 cm³/mol. The molecule has 0 aliphatic rings. The fraction of sp³-hybridized carbons (Fsp3) is 0.273. The Balaban J connectivity index is 2.76. The number of carboxylic acid groups (broad SMARTS) is 1. The molecule has 0 aromatic heterocycles. The van der Waals surface area contributed by atoms with Crippen molar-refractivity contribution in [3.05, 3.63) is 29.8 Å². The lowest BCUT2D eigenvalue weighted by Gasteiger charge is -2.09. The zero-order chi connectivity index (χ0) is 14.5. The molecule has 0 aliphatic carbocycles. The highest BCUT2D eigenvalue weighted by molar-refractivity contribution is 6.35. The Bertz CT molecular complexity index is 468. The van der Waals surface area contributed by atoms with E-state index in [-0.39, 0.29) is 17.9 Å². The molecule has 1 rings (SSSR count). The van der Waals surface area contributed by atoms with Gasteiger partial charge in [-0.3, -0.25) is 0 Å². The van der Waals surface area contributed by atoms with Crippen molar-refractivity contribution in [1.82, 2.24) is 0 Å². The molecule has 0 amide bonds. The molecule has 0 radical (unpaired) electrons. The fourth-order valence-electron chi connectivity index (χ4n) is 1.26. The van der Waals surface area contributed by atoms with E-state index in [1.54, 1.807) is 0 Å². The van der Waals surface area contributed by atoms with Crippen molar-refractivity contribution >= 4 is 11.7 Å². The van der Waals surface area contributed by atoms with Crippen LogP contribution in [0.15, 0.2) is 29.4 Å². The maximum atomic E-state index is 11.9. The Morgan fingerprint density at radius 2 is 1.89 bits per heavy atom. The fourth-order valence-corrected chi connectivity index (χ4v) is 1.26. The number of ether oxygens (including phenoxy) is 1. The van der Waals surface area contributed by atoms with Crippen LogP contribution in [0.3, 0.4) is 0 Å². The summed E-state index contributed by atoms with van der Waals surface area (Å²) < 4.78 is 39.5. The zero-order valence-electron chi connectivity index (χ0n) is 9.77. The zero-order valence-corrected chi connectivity index (χ0v) is 9.77. The number of rotatable bonds is 5. The number of benzene rings is 1. The lowest BCUT2D eigenvalue weighted by Crippen LogP contribution is -2.17. The molecule has 0 atom stereocenters. The normalized spacial score (nSPS) is 12.1. The average molecular weight is 277 g/mol. The van der Waals surface area contributed by atoms with Crippen molar-refractivity contribution in [1.29, 1.82) is 0 Å². The maximum Gasteiger partial charge on any atom is 0.573 e. The number of hydrogen-bond donors (Lipinski definition) is 1. The number of nitrogens with zero attached hydrogens (tertiary/aromatic N) is 1. The van der Waals surface area contributed by atoms with E-state index >= 15 is 0 Å². The number of carboxylic acids is 1.